The minimum absolute atomic E-state index is 0.140. The predicted molar refractivity (Wildman–Crippen MR) is 71.7 cm³/mol. The van der Waals surface area contributed by atoms with Crippen molar-refractivity contribution in [3.05, 3.63) is 28.3 Å². The van der Waals surface area contributed by atoms with Crippen molar-refractivity contribution in [2.75, 3.05) is 24.0 Å². The number of non-ortho nitro benzene ring substituents is 1. The van der Waals surface area contributed by atoms with E-state index < -0.39 is 10.5 Å². The Labute approximate surface area is 110 Å². The summed E-state index contributed by atoms with van der Waals surface area (Å²) in [5.41, 5.74) is 2.02. The molecule has 0 aliphatic heterocycles. The summed E-state index contributed by atoms with van der Waals surface area (Å²) in [5.74, 6) is 5.25. The number of nitrogens with zero attached hydrogens (tertiary/aromatic N) is 1. The molecule has 0 fully saturated rings. The third-order valence-electron chi connectivity index (χ3n) is 2.99. The van der Waals surface area contributed by atoms with Gasteiger partial charge in [-0.15, -0.1) is 0 Å². The minimum Gasteiger partial charge on any atom is -0.394 e. The first-order valence-corrected chi connectivity index (χ1v) is 5.76. The van der Waals surface area contributed by atoms with Crippen molar-refractivity contribution in [3.8, 4) is 0 Å². The van der Waals surface area contributed by atoms with Crippen LogP contribution in [0.15, 0.2) is 18.2 Å². The monoisotopic (exact) mass is 270 g/mol. The summed E-state index contributed by atoms with van der Waals surface area (Å²) in [5, 5.41) is 32.4. The number of nitrogens with two attached hydrogens (primary N) is 1. The molecule has 0 saturated carbocycles. The summed E-state index contributed by atoms with van der Waals surface area (Å²) >= 11 is 0. The Morgan fingerprint density at radius 2 is 1.89 bits per heavy atom. The number of nitro groups is 1. The van der Waals surface area contributed by atoms with Crippen molar-refractivity contribution >= 4 is 17.1 Å². The van der Waals surface area contributed by atoms with Gasteiger partial charge in [0.25, 0.3) is 5.69 Å². The first-order valence-electron chi connectivity index (χ1n) is 5.76. The van der Waals surface area contributed by atoms with Crippen LogP contribution in [0.1, 0.15) is 13.3 Å². The van der Waals surface area contributed by atoms with Gasteiger partial charge in [-0.3, -0.25) is 16.0 Å². The van der Waals surface area contributed by atoms with Gasteiger partial charge in [-0.2, -0.15) is 0 Å². The molecule has 0 spiro atoms. The van der Waals surface area contributed by atoms with Crippen molar-refractivity contribution in [1.82, 2.24) is 0 Å². The number of benzene rings is 1. The van der Waals surface area contributed by atoms with E-state index in [0.717, 1.165) is 0 Å². The number of nitrogen functional groups attached to an aromatic ring is 1. The molecule has 0 saturated heterocycles. The van der Waals surface area contributed by atoms with Crippen molar-refractivity contribution < 1.29 is 15.1 Å². The topological polar surface area (TPSA) is 134 Å². The van der Waals surface area contributed by atoms with Gasteiger partial charge < -0.3 is 21.0 Å². The second kappa shape index (κ2) is 6.32. The van der Waals surface area contributed by atoms with E-state index in [9.17, 15) is 20.3 Å². The summed E-state index contributed by atoms with van der Waals surface area (Å²) in [7, 11) is 0. The molecule has 8 nitrogen and oxygen atoms in total. The number of aliphatic hydroxyl groups is 2. The molecule has 1 rings (SSSR count). The SMILES string of the molecule is CCC(CO)(CO)Nc1cc(NN)cc([N+](=O)[O-])c1. The molecule has 0 radical (unpaired) electrons. The van der Waals surface area contributed by atoms with Gasteiger partial charge in [0.2, 0.25) is 0 Å². The molecule has 106 valence electrons. The summed E-state index contributed by atoms with van der Waals surface area (Å²) in [4.78, 5) is 10.3. The lowest BCUT2D eigenvalue weighted by atomic mass is 9.98. The van der Waals surface area contributed by atoms with E-state index in [1.54, 1.807) is 13.0 Å². The standard InChI is InChI=1S/C11H18N4O4/c1-2-11(6-16,7-17)13-8-3-9(14-12)5-10(4-8)15(18)19/h3-5,13-14,16-17H,2,6-7,12H2,1H3. The molecule has 0 bridgehead atoms. The Kier molecular flexibility index (Phi) is 5.04. The van der Waals surface area contributed by atoms with Gasteiger partial charge in [0.15, 0.2) is 0 Å². The van der Waals surface area contributed by atoms with Crippen LogP contribution in [0.5, 0.6) is 0 Å². The Hall–Kier alpha value is -1.90. The number of hydrazine groups is 1. The quantitative estimate of drug-likeness (QED) is 0.275. The van der Waals surface area contributed by atoms with E-state index in [4.69, 9.17) is 5.84 Å². The number of nitro benzene ring substituents is 1. The van der Waals surface area contributed by atoms with Crippen LogP contribution in [0.25, 0.3) is 0 Å². The lowest BCUT2D eigenvalue weighted by molar-refractivity contribution is -0.384. The molecule has 1 aromatic carbocycles. The van der Waals surface area contributed by atoms with E-state index in [2.05, 4.69) is 10.7 Å². The van der Waals surface area contributed by atoms with Crippen LogP contribution in [0.4, 0.5) is 17.1 Å². The Morgan fingerprint density at radius 1 is 1.32 bits per heavy atom. The highest BCUT2D eigenvalue weighted by molar-refractivity contribution is 5.63. The van der Waals surface area contributed by atoms with Gasteiger partial charge in [-0.25, -0.2) is 0 Å². The fourth-order valence-corrected chi connectivity index (χ4v) is 1.62. The number of hydrogen-bond acceptors (Lipinski definition) is 7. The summed E-state index contributed by atoms with van der Waals surface area (Å²) in [6, 6.07) is 4.16. The van der Waals surface area contributed by atoms with Gasteiger partial charge in [0.05, 0.1) is 29.4 Å². The largest absolute Gasteiger partial charge is 0.394 e. The molecular formula is C11H18N4O4. The summed E-state index contributed by atoms with van der Waals surface area (Å²) in [6.07, 6.45) is 0.452. The zero-order valence-electron chi connectivity index (χ0n) is 10.6. The van der Waals surface area contributed by atoms with Crippen molar-refractivity contribution in [2.24, 2.45) is 5.84 Å². The lowest BCUT2D eigenvalue weighted by Crippen LogP contribution is -2.45. The Bertz CT molecular complexity index is 440. The molecule has 19 heavy (non-hydrogen) atoms. The van der Waals surface area contributed by atoms with Crippen LogP contribution in [0, 0.1) is 10.1 Å². The normalized spacial score (nSPS) is 11.2. The smallest absolute Gasteiger partial charge is 0.273 e. The zero-order valence-corrected chi connectivity index (χ0v) is 10.6. The molecular weight excluding hydrogens is 252 g/mol. The van der Waals surface area contributed by atoms with Crippen molar-refractivity contribution in [3.63, 3.8) is 0 Å². The summed E-state index contributed by atoms with van der Waals surface area (Å²) in [6.45, 7) is 1.20. The van der Waals surface area contributed by atoms with Crippen LogP contribution < -0.4 is 16.6 Å². The highest BCUT2D eigenvalue weighted by atomic mass is 16.6. The highest BCUT2D eigenvalue weighted by Gasteiger charge is 2.27. The fraction of sp³-hybridized carbons (Fsp3) is 0.455. The van der Waals surface area contributed by atoms with Crippen molar-refractivity contribution in [1.29, 1.82) is 0 Å². The maximum atomic E-state index is 10.8. The molecule has 0 aromatic heterocycles. The van der Waals surface area contributed by atoms with E-state index >= 15 is 0 Å². The lowest BCUT2D eigenvalue weighted by Gasteiger charge is -2.31. The van der Waals surface area contributed by atoms with Gasteiger partial charge in [-0.05, 0) is 12.5 Å². The average molecular weight is 270 g/mol. The van der Waals surface area contributed by atoms with Gasteiger partial charge in [0, 0.05) is 17.8 Å². The highest BCUT2D eigenvalue weighted by Crippen LogP contribution is 2.26. The first-order chi connectivity index (χ1) is 9.00. The number of anilines is 2. The number of aliphatic hydroxyl groups excluding tert-OH is 2. The molecule has 8 heteroatoms. The molecule has 0 heterocycles. The van der Waals surface area contributed by atoms with E-state index in [-0.39, 0.29) is 18.9 Å². The molecule has 0 atom stereocenters. The van der Waals surface area contributed by atoms with Crippen LogP contribution >= 0.6 is 0 Å². The fourth-order valence-electron chi connectivity index (χ4n) is 1.62. The second-order valence-electron chi connectivity index (χ2n) is 4.25. The molecule has 0 aliphatic rings. The third-order valence-corrected chi connectivity index (χ3v) is 2.99. The number of nitrogens with one attached hydrogen (secondary N) is 2. The first kappa shape index (κ1) is 15.2. The number of rotatable bonds is 7. The van der Waals surface area contributed by atoms with Crippen LogP contribution in [-0.2, 0) is 0 Å². The van der Waals surface area contributed by atoms with Crippen molar-refractivity contribution in [2.45, 2.75) is 18.9 Å². The van der Waals surface area contributed by atoms with Gasteiger partial charge >= 0.3 is 0 Å². The average Bonchev–Trinajstić information content (AvgIpc) is 2.44. The molecule has 0 amide bonds. The molecule has 0 aliphatic carbocycles. The molecule has 6 N–H and O–H groups in total. The summed E-state index contributed by atoms with van der Waals surface area (Å²) < 4.78 is 0. The number of hydrogen-bond donors (Lipinski definition) is 5. The molecule has 0 unspecified atom stereocenters. The van der Waals surface area contributed by atoms with Crippen LogP contribution in [-0.4, -0.2) is 33.9 Å². The Morgan fingerprint density at radius 3 is 2.32 bits per heavy atom. The minimum atomic E-state index is -0.929. The Balaban J connectivity index is 3.12. The van der Waals surface area contributed by atoms with E-state index in [0.29, 0.717) is 17.8 Å². The van der Waals surface area contributed by atoms with Gasteiger partial charge in [0.1, 0.15) is 0 Å². The predicted octanol–water partition coefficient (Wildman–Crippen LogP) is 0.426. The van der Waals surface area contributed by atoms with E-state index in [1.165, 1.54) is 12.1 Å². The maximum Gasteiger partial charge on any atom is 0.273 e. The van der Waals surface area contributed by atoms with Crippen LogP contribution in [0.3, 0.4) is 0 Å². The second-order valence-corrected chi connectivity index (χ2v) is 4.25. The van der Waals surface area contributed by atoms with Gasteiger partial charge in [-0.1, -0.05) is 6.92 Å². The zero-order chi connectivity index (χ0) is 14.5. The maximum absolute atomic E-state index is 10.8. The van der Waals surface area contributed by atoms with Crippen LogP contribution in [0.2, 0.25) is 0 Å². The third kappa shape index (κ3) is 3.53. The molecule has 1 aromatic rings. The van der Waals surface area contributed by atoms with E-state index in [1.807, 2.05) is 0 Å².